The van der Waals surface area contributed by atoms with Gasteiger partial charge in [-0.2, -0.15) is 0 Å². The van der Waals surface area contributed by atoms with E-state index in [9.17, 15) is 0 Å². The molecule has 2 N–H and O–H groups in total. The SMILES string of the molecule is S=C(NCCC1=CCc2ccccc21)SCCc1c[nH]c2ccccc12. The zero-order valence-electron chi connectivity index (χ0n) is 14.6. The highest BCUT2D eigenvalue weighted by Crippen LogP contribution is 2.29. The summed E-state index contributed by atoms with van der Waals surface area (Å²) in [6.45, 7) is 0.902. The summed E-state index contributed by atoms with van der Waals surface area (Å²) in [4.78, 5) is 3.34. The molecular weight excluding hydrogens is 356 g/mol. The Morgan fingerprint density at radius 3 is 2.88 bits per heavy atom. The molecular formula is C22H22N2S2. The van der Waals surface area contributed by atoms with Gasteiger partial charge in [-0.25, -0.2) is 0 Å². The molecule has 0 saturated heterocycles. The van der Waals surface area contributed by atoms with Crippen LogP contribution in [-0.2, 0) is 12.8 Å². The van der Waals surface area contributed by atoms with E-state index in [4.69, 9.17) is 12.2 Å². The van der Waals surface area contributed by atoms with Gasteiger partial charge in [0.15, 0.2) is 0 Å². The largest absolute Gasteiger partial charge is 0.371 e. The average molecular weight is 379 g/mol. The first-order valence-electron chi connectivity index (χ1n) is 9.04. The van der Waals surface area contributed by atoms with Crippen LogP contribution in [0, 0.1) is 0 Å². The molecule has 0 aliphatic heterocycles. The van der Waals surface area contributed by atoms with Crippen LogP contribution < -0.4 is 5.32 Å². The molecule has 0 fully saturated rings. The van der Waals surface area contributed by atoms with Gasteiger partial charge in [-0.1, -0.05) is 72.5 Å². The van der Waals surface area contributed by atoms with Crippen molar-refractivity contribution in [1.29, 1.82) is 0 Å². The monoisotopic (exact) mass is 378 g/mol. The molecule has 1 aliphatic rings. The number of nitrogens with one attached hydrogen (secondary N) is 2. The number of aromatic amines is 1. The highest BCUT2D eigenvalue weighted by molar-refractivity contribution is 8.22. The van der Waals surface area contributed by atoms with Crippen LogP contribution in [0.4, 0.5) is 0 Å². The summed E-state index contributed by atoms with van der Waals surface area (Å²) in [6, 6.07) is 17.1. The lowest BCUT2D eigenvalue weighted by Gasteiger charge is -2.09. The van der Waals surface area contributed by atoms with Crippen molar-refractivity contribution in [2.24, 2.45) is 0 Å². The Morgan fingerprint density at radius 1 is 1.08 bits per heavy atom. The minimum absolute atomic E-state index is 0.900. The first-order valence-corrected chi connectivity index (χ1v) is 10.4. The van der Waals surface area contributed by atoms with E-state index >= 15 is 0 Å². The Hall–Kier alpha value is -2.04. The Morgan fingerprint density at radius 2 is 1.92 bits per heavy atom. The number of hydrogen-bond donors (Lipinski definition) is 2. The lowest BCUT2D eigenvalue weighted by molar-refractivity contribution is 0.920. The summed E-state index contributed by atoms with van der Waals surface area (Å²) >= 11 is 7.23. The van der Waals surface area contributed by atoms with Crippen molar-refractivity contribution >= 4 is 44.8 Å². The normalized spacial score (nSPS) is 12.8. The van der Waals surface area contributed by atoms with E-state index in [2.05, 4.69) is 71.1 Å². The maximum atomic E-state index is 5.49. The van der Waals surface area contributed by atoms with Crippen molar-refractivity contribution in [2.45, 2.75) is 19.3 Å². The number of hydrogen-bond acceptors (Lipinski definition) is 2. The molecule has 4 heteroatoms. The third kappa shape index (κ3) is 3.87. The van der Waals surface area contributed by atoms with E-state index in [-0.39, 0.29) is 0 Å². The van der Waals surface area contributed by atoms with Gasteiger partial charge in [0.2, 0.25) is 0 Å². The maximum Gasteiger partial charge on any atom is 0.133 e. The molecule has 2 aromatic carbocycles. The van der Waals surface area contributed by atoms with E-state index < -0.39 is 0 Å². The second-order valence-electron chi connectivity index (χ2n) is 6.51. The number of rotatable bonds is 6. The number of benzene rings is 2. The van der Waals surface area contributed by atoms with Gasteiger partial charge < -0.3 is 10.3 Å². The predicted octanol–water partition coefficient (Wildman–Crippen LogP) is 5.35. The standard InChI is InChI=1S/C22H22N2S2/c25-22(23-13-11-17-10-9-16-5-1-2-6-19(16)17)26-14-12-18-15-24-21-8-4-3-7-20(18)21/h1-8,10,15,24H,9,11-14H2,(H,23,25). The fourth-order valence-corrected chi connectivity index (χ4v) is 4.60. The molecule has 3 aromatic rings. The quantitative estimate of drug-likeness (QED) is 0.567. The van der Waals surface area contributed by atoms with E-state index in [1.807, 2.05) is 0 Å². The van der Waals surface area contributed by atoms with Crippen LogP contribution in [-0.4, -0.2) is 21.6 Å². The molecule has 1 heterocycles. The molecule has 0 amide bonds. The van der Waals surface area contributed by atoms with Crippen molar-refractivity contribution in [3.05, 3.63) is 77.5 Å². The first kappa shape index (κ1) is 17.4. The van der Waals surface area contributed by atoms with Crippen molar-refractivity contribution in [3.8, 4) is 0 Å². The fraction of sp³-hybridized carbons (Fsp3) is 0.227. The molecule has 2 nitrogen and oxygen atoms in total. The van der Waals surface area contributed by atoms with Crippen LogP contribution in [0.1, 0.15) is 23.1 Å². The Kier molecular flexibility index (Phi) is 5.42. The van der Waals surface area contributed by atoms with Gasteiger partial charge in [-0.3, -0.25) is 0 Å². The van der Waals surface area contributed by atoms with Gasteiger partial charge >= 0.3 is 0 Å². The maximum absolute atomic E-state index is 5.49. The molecule has 0 radical (unpaired) electrons. The number of fused-ring (bicyclic) bond motifs is 2. The zero-order valence-corrected chi connectivity index (χ0v) is 16.3. The second kappa shape index (κ2) is 8.11. The number of allylic oxidation sites excluding steroid dienone is 1. The Bertz CT molecular complexity index is 955. The number of aromatic nitrogens is 1. The molecule has 0 atom stereocenters. The van der Waals surface area contributed by atoms with Gasteiger partial charge in [-0.15, -0.1) is 0 Å². The van der Waals surface area contributed by atoms with Gasteiger partial charge in [0.25, 0.3) is 0 Å². The third-order valence-electron chi connectivity index (χ3n) is 4.87. The first-order chi connectivity index (χ1) is 12.8. The van der Waals surface area contributed by atoms with Crippen LogP contribution in [0.3, 0.4) is 0 Å². The van der Waals surface area contributed by atoms with Gasteiger partial charge in [0, 0.05) is 29.4 Å². The highest BCUT2D eigenvalue weighted by atomic mass is 32.2. The number of thiocarbonyl (C=S) groups is 1. The molecule has 0 spiro atoms. The predicted molar refractivity (Wildman–Crippen MR) is 118 cm³/mol. The topological polar surface area (TPSA) is 27.8 Å². The van der Waals surface area contributed by atoms with Crippen molar-refractivity contribution < 1.29 is 0 Å². The smallest absolute Gasteiger partial charge is 0.133 e. The molecule has 0 saturated carbocycles. The molecule has 0 bridgehead atoms. The van der Waals surface area contributed by atoms with Crippen molar-refractivity contribution in [1.82, 2.24) is 10.3 Å². The summed E-state index contributed by atoms with van der Waals surface area (Å²) in [5.41, 5.74) is 6.87. The number of aryl methyl sites for hydroxylation is 1. The second-order valence-corrected chi connectivity index (χ2v) is 8.28. The van der Waals surface area contributed by atoms with Crippen LogP contribution in [0.5, 0.6) is 0 Å². The minimum atomic E-state index is 0.900. The molecule has 132 valence electrons. The summed E-state index contributed by atoms with van der Waals surface area (Å²) in [5.74, 6) is 0.999. The Labute approximate surface area is 164 Å². The summed E-state index contributed by atoms with van der Waals surface area (Å²) < 4.78 is 0.900. The van der Waals surface area contributed by atoms with Crippen LogP contribution in [0.15, 0.2) is 60.8 Å². The fourth-order valence-electron chi connectivity index (χ4n) is 3.53. The minimum Gasteiger partial charge on any atom is -0.371 e. The zero-order chi connectivity index (χ0) is 17.8. The van der Waals surface area contributed by atoms with Gasteiger partial charge in [0.05, 0.1) is 0 Å². The summed E-state index contributed by atoms with van der Waals surface area (Å²) in [7, 11) is 0. The van der Waals surface area contributed by atoms with Crippen LogP contribution in [0.2, 0.25) is 0 Å². The van der Waals surface area contributed by atoms with E-state index in [0.29, 0.717) is 0 Å². The van der Waals surface area contributed by atoms with Gasteiger partial charge in [-0.05, 0) is 47.6 Å². The number of thioether (sulfide) groups is 1. The average Bonchev–Trinajstić information content (AvgIpc) is 3.27. The molecule has 0 unspecified atom stereocenters. The number of H-pyrrole nitrogens is 1. The summed E-state index contributed by atoms with van der Waals surface area (Å²) in [6.07, 6.45) is 7.58. The van der Waals surface area contributed by atoms with E-state index in [0.717, 1.165) is 35.9 Å². The lowest BCUT2D eigenvalue weighted by atomic mass is 10.0. The van der Waals surface area contributed by atoms with E-state index in [1.54, 1.807) is 11.8 Å². The van der Waals surface area contributed by atoms with Crippen molar-refractivity contribution in [3.63, 3.8) is 0 Å². The van der Waals surface area contributed by atoms with Gasteiger partial charge in [0.1, 0.15) is 4.32 Å². The number of para-hydroxylation sites is 1. The van der Waals surface area contributed by atoms with Crippen LogP contribution in [0.25, 0.3) is 16.5 Å². The lowest BCUT2D eigenvalue weighted by Crippen LogP contribution is -2.20. The molecule has 4 rings (SSSR count). The molecule has 1 aromatic heterocycles. The molecule has 26 heavy (non-hydrogen) atoms. The summed E-state index contributed by atoms with van der Waals surface area (Å²) in [5, 5.41) is 4.72. The van der Waals surface area contributed by atoms with Crippen LogP contribution >= 0.6 is 24.0 Å². The molecule has 1 aliphatic carbocycles. The van der Waals surface area contributed by atoms with E-state index in [1.165, 1.54) is 33.2 Å². The highest BCUT2D eigenvalue weighted by Gasteiger charge is 2.12. The third-order valence-corrected chi connectivity index (χ3v) is 6.19. The Balaban J connectivity index is 1.20. The van der Waals surface area contributed by atoms with Crippen molar-refractivity contribution in [2.75, 3.05) is 12.3 Å².